The lowest BCUT2D eigenvalue weighted by Crippen LogP contribution is -2.23. The normalized spacial score (nSPS) is 20.9. The van der Waals surface area contributed by atoms with Gasteiger partial charge in [-0.15, -0.1) is 13.2 Å². The number of carboxylic acids is 1. The molecule has 0 bridgehead atoms. The largest absolute Gasteiger partial charge is 0.573 e. The number of ether oxygens (including phenoxy) is 1. The molecule has 26 heavy (non-hydrogen) atoms. The minimum atomic E-state index is -4.78. The van der Waals surface area contributed by atoms with Crippen LogP contribution in [0.4, 0.5) is 13.2 Å². The Bertz CT molecular complexity index is 764. The molecular weight excluding hydrogens is 347 g/mol. The second-order valence-electron chi connectivity index (χ2n) is 6.35. The summed E-state index contributed by atoms with van der Waals surface area (Å²) in [4.78, 5) is 13.7. The van der Waals surface area contributed by atoms with Crippen LogP contribution in [0.2, 0.25) is 0 Å². The molecule has 138 valence electrons. The molecule has 7 heteroatoms. The van der Waals surface area contributed by atoms with Crippen LogP contribution < -0.4 is 4.74 Å². The summed E-state index contributed by atoms with van der Waals surface area (Å²) in [5.74, 6) is -2.36. The molecule has 1 heterocycles. The first-order chi connectivity index (χ1) is 12.3. The van der Waals surface area contributed by atoms with E-state index in [1.165, 1.54) is 18.2 Å². The van der Waals surface area contributed by atoms with Gasteiger partial charge >= 0.3 is 12.3 Å². The molecule has 1 fully saturated rings. The number of rotatable bonds is 5. The van der Waals surface area contributed by atoms with E-state index in [1.54, 1.807) is 6.07 Å². The van der Waals surface area contributed by atoms with Crippen LogP contribution in [0.5, 0.6) is 5.75 Å². The van der Waals surface area contributed by atoms with Gasteiger partial charge in [-0.05, 0) is 23.3 Å². The van der Waals surface area contributed by atoms with Crippen molar-refractivity contribution in [2.75, 3.05) is 13.1 Å². The molecule has 0 aliphatic carbocycles. The molecular formula is C19H18F3NO3. The zero-order valence-electron chi connectivity index (χ0n) is 13.8. The minimum Gasteiger partial charge on any atom is -0.481 e. The third kappa shape index (κ3) is 4.54. The Kier molecular flexibility index (Phi) is 5.18. The Labute approximate surface area is 148 Å². The van der Waals surface area contributed by atoms with Gasteiger partial charge in [0.05, 0.1) is 5.92 Å². The maximum atomic E-state index is 12.4. The van der Waals surface area contributed by atoms with Crippen LogP contribution in [-0.2, 0) is 11.3 Å². The van der Waals surface area contributed by atoms with Crippen molar-refractivity contribution in [3.8, 4) is 5.75 Å². The van der Waals surface area contributed by atoms with Crippen LogP contribution in [0.15, 0.2) is 54.6 Å². The number of benzene rings is 2. The number of carbonyl (C=O) groups is 1. The van der Waals surface area contributed by atoms with Crippen LogP contribution in [0.1, 0.15) is 17.0 Å². The summed E-state index contributed by atoms with van der Waals surface area (Å²) < 4.78 is 41.3. The van der Waals surface area contributed by atoms with Crippen molar-refractivity contribution in [1.29, 1.82) is 0 Å². The van der Waals surface area contributed by atoms with Gasteiger partial charge in [-0.25, -0.2) is 0 Å². The van der Waals surface area contributed by atoms with Crippen molar-refractivity contribution in [3.63, 3.8) is 0 Å². The summed E-state index contributed by atoms with van der Waals surface area (Å²) in [5.41, 5.74) is 1.60. The summed E-state index contributed by atoms with van der Waals surface area (Å²) in [6.07, 6.45) is -4.78. The maximum Gasteiger partial charge on any atom is 0.573 e. The molecule has 2 unspecified atom stereocenters. The van der Waals surface area contributed by atoms with Crippen molar-refractivity contribution < 1.29 is 27.8 Å². The Morgan fingerprint density at radius 2 is 1.85 bits per heavy atom. The Morgan fingerprint density at radius 1 is 1.12 bits per heavy atom. The summed E-state index contributed by atoms with van der Waals surface area (Å²) in [7, 11) is 0. The van der Waals surface area contributed by atoms with Crippen molar-refractivity contribution in [1.82, 2.24) is 4.90 Å². The molecule has 2 aromatic carbocycles. The van der Waals surface area contributed by atoms with Gasteiger partial charge in [-0.3, -0.25) is 9.69 Å². The standard InChI is InChI=1S/C19H18F3NO3/c20-19(21,22)26-15-8-4-7-14(9-15)16-11-23(12-17(16)18(24)25)10-13-5-2-1-3-6-13/h1-9,16-17H,10-12H2,(H,24,25). The van der Waals surface area contributed by atoms with E-state index < -0.39 is 24.2 Å². The number of aliphatic carboxylic acids is 1. The van der Waals surface area contributed by atoms with E-state index in [0.717, 1.165) is 5.56 Å². The zero-order chi connectivity index (χ0) is 18.7. The van der Waals surface area contributed by atoms with Crippen molar-refractivity contribution >= 4 is 5.97 Å². The second kappa shape index (κ2) is 7.37. The Morgan fingerprint density at radius 3 is 2.50 bits per heavy atom. The fraction of sp³-hybridized carbons (Fsp3) is 0.316. The lowest BCUT2D eigenvalue weighted by molar-refractivity contribution is -0.274. The lowest BCUT2D eigenvalue weighted by Gasteiger charge is -2.17. The molecule has 3 rings (SSSR count). The summed E-state index contributed by atoms with van der Waals surface area (Å²) >= 11 is 0. The van der Waals surface area contributed by atoms with E-state index >= 15 is 0 Å². The van der Waals surface area contributed by atoms with Gasteiger partial charge in [0.25, 0.3) is 0 Å². The number of likely N-dealkylation sites (tertiary alicyclic amines) is 1. The third-order valence-corrected chi connectivity index (χ3v) is 4.48. The van der Waals surface area contributed by atoms with Crippen molar-refractivity contribution in [2.45, 2.75) is 18.8 Å². The summed E-state index contributed by atoms with van der Waals surface area (Å²) in [6.45, 7) is 1.40. The van der Waals surface area contributed by atoms with Crippen LogP contribution in [0.3, 0.4) is 0 Å². The average molecular weight is 365 g/mol. The van der Waals surface area contributed by atoms with E-state index in [9.17, 15) is 23.1 Å². The summed E-state index contributed by atoms with van der Waals surface area (Å²) in [6, 6.07) is 15.2. The number of alkyl halides is 3. The highest BCUT2D eigenvalue weighted by molar-refractivity contribution is 5.72. The lowest BCUT2D eigenvalue weighted by atomic mass is 9.89. The molecule has 1 aliphatic heterocycles. The Hall–Kier alpha value is -2.54. The monoisotopic (exact) mass is 365 g/mol. The first-order valence-corrected chi connectivity index (χ1v) is 8.16. The first-order valence-electron chi connectivity index (χ1n) is 8.16. The molecule has 0 aromatic heterocycles. The van der Waals surface area contributed by atoms with Gasteiger partial charge < -0.3 is 9.84 Å². The van der Waals surface area contributed by atoms with Crippen LogP contribution in [0, 0.1) is 5.92 Å². The minimum absolute atomic E-state index is 0.333. The first kappa shape index (κ1) is 18.3. The molecule has 0 spiro atoms. The van der Waals surface area contributed by atoms with E-state index in [4.69, 9.17) is 0 Å². The highest BCUT2D eigenvalue weighted by atomic mass is 19.4. The van der Waals surface area contributed by atoms with E-state index in [-0.39, 0.29) is 5.75 Å². The van der Waals surface area contributed by atoms with Crippen molar-refractivity contribution in [2.24, 2.45) is 5.92 Å². The van der Waals surface area contributed by atoms with Crippen molar-refractivity contribution in [3.05, 3.63) is 65.7 Å². The highest BCUT2D eigenvalue weighted by Crippen LogP contribution is 2.36. The SMILES string of the molecule is O=C(O)C1CN(Cc2ccccc2)CC1c1cccc(OC(F)(F)F)c1. The van der Waals surface area contributed by atoms with E-state index in [0.29, 0.717) is 25.2 Å². The highest BCUT2D eigenvalue weighted by Gasteiger charge is 2.39. The van der Waals surface area contributed by atoms with Gasteiger partial charge in [-0.2, -0.15) is 0 Å². The second-order valence-corrected chi connectivity index (χ2v) is 6.35. The third-order valence-electron chi connectivity index (χ3n) is 4.48. The zero-order valence-corrected chi connectivity index (χ0v) is 13.8. The van der Waals surface area contributed by atoms with E-state index in [1.807, 2.05) is 35.2 Å². The average Bonchev–Trinajstić information content (AvgIpc) is 2.99. The molecule has 0 amide bonds. The fourth-order valence-electron chi connectivity index (χ4n) is 3.39. The molecule has 1 saturated heterocycles. The van der Waals surface area contributed by atoms with Gasteiger partial charge in [0.15, 0.2) is 0 Å². The molecule has 1 aliphatic rings. The predicted octanol–water partition coefficient (Wildman–Crippen LogP) is 3.89. The fourth-order valence-corrected chi connectivity index (χ4v) is 3.39. The molecule has 0 radical (unpaired) electrons. The molecule has 1 N–H and O–H groups in total. The van der Waals surface area contributed by atoms with Crippen LogP contribution >= 0.6 is 0 Å². The van der Waals surface area contributed by atoms with Gasteiger partial charge in [0.1, 0.15) is 5.75 Å². The van der Waals surface area contributed by atoms with Crippen LogP contribution in [-0.4, -0.2) is 35.4 Å². The van der Waals surface area contributed by atoms with Crippen LogP contribution in [0.25, 0.3) is 0 Å². The Balaban J connectivity index is 1.79. The topological polar surface area (TPSA) is 49.8 Å². The van der Waals surface area contributed by atoms with E-state index in [2.05, 4.69) is 4.74 Å². The number of nitrogens with zero attached hydrogens (tertiary/aromatic N) is 1. The molecule has 0 saturated carbocycles. The molecule has 4 nitrogen and oxygen atoms in total. The molecule has 2 aromatic rings. The molecule has 2 atom stereocenters. The van der Waals surface area contributed by atoms with Gasteiger partial charge in [0, 0.05) is 25.6 Å². The number of halogens is 3. The van der Waals surface area contributed by atoms with Gasteiger partial charge in [0.2, 0.25) is 0 Å². The summed E-state index contributed by atoms with van der Waals surface area (Å²) in [5, 5.41) is 9.55. The number of carboxylic acid groups (broad SMARTS) is 1. The quantitative estimate of drug-likeness (QED) is 0.874. The maximum absolute atomic E-state index is 12.4. The van der Waals surface area contributed by atoms with Gasteiger partial charge in [-0.1, -0.05) is 42.5 Å². The number of hydrogen-bond donors (Lipinski definition) is 1. The predicted molar refractivity (Wildman–Crippen MR) is 88.7 cm³/mol. The number of hydrogen-bond acceptors (Lipinski definition) is 3. The smallest absolute Gasteiger partial charge is 0.481 e.